The molecule has 5 N–H and O–H groups in total. The molecule has 4 atom stereocenters. The summed E-state index contributed by atoms with van der Waals surface area (Å²) in [7, 11) is 0. The molecule has 0 saturated heterocycles. The molecule has 5 heteroatoms. The monoisotopic (exact) mass is 304 g/mol. The fourth-order valence-electron chi connectivity index (χ4n) is 1.99. The maximum atomic E-state index is 6.61. The molecule has 124 valence electrons. The van der Waals surface area contributed by atoms with E-state index in [2.05, 4.69) is 64.4 Å². The molecule has 0 aromatic carbocycles. The first-order valence-corrected chi connectivity index (χ1v) is 7.89. The van der Waals surface area contributed by atoms with Crippen LogP contribution in [0.5, 0.6) is 0 Å². The van der Waals surface area contributed by atoms with Gasteiger partial charge < -0.3 is 5.32 Å². The molecular formula is C15H40N4Si. The van der Waals surface area contributed by atoms with Gasteiger partial charge in [-0.05, 0) is 57.9 Å². The van der Waals surface area contributed by atoms with Crippen LogP contribution in [0.2, 0.25) is 0 Å². The summed E-state index contributed by atoms with van der Waals surface area (Å²) in [6.45, 7) is 15.2. The predicted octanol–water partition coefficient (Wildman–Crippen LogP) is 0.700. The zero-order chi connectivity index (χ0) is 15.1. The molecule has 0 heterocycles. The third-order valence-electron chi connectivity index (χ3n) is 4.03. The van der Waals surface area contributed by atoms with E-state index < -0.39 is 5.79 Å². The van der Waals surface area contributed by atoms with Crippen molar-refractivity contribution in [3.05, 3.63) is 0 Å². The number of hydrogen-bond donors (Lipinski definition) is 4. The van der Waals surface area contributed by atoms with Crippen LogP contribution in [-0.4, -0.2) is 40.9 Å². The molecule has 0 aromatic heterocycles. The highest BCUT2D eigenvalue weighted by atomic mass is 28.1. The van der Waals surface area contributed by atoms with Gasteiger partial charge in [-0.25, -0.2) is 0 Å². The standard InChI is InChI=1S/C15H36N4.H4Si/c1-8-11(4)17-14(7)15(16,18-12(5)9-2)19-13(6)10-3;/h11-14,17-19H,8-10,16H2,1-7H3;1H4. The van der Waals surface area contributed by atoms with Crippen LogP contribution < -0.4 is 21.7 Å². The third kappa shape index (κ3) is 7.74. The van der Waals surface area contributed by atoms with Gasteiger partial charge in [0, 0.05) is 24.2 Å². The second kappa shape index (κ2) is 10.7. The quantitative estimate of drug-likeness (QED) is 0.354. The highest BCUT2D eigenvalue weighted by molar-refractivity contribution is 5.75. The summed E-state index contributed by atoms with van der Waals surface area (Å²) in [5.74, 6) is -0.575. The van der Waals surface area contributed by atoms with Gasteiger partial charge in [-0.2, -0.15) is 0 Å². The van der Waals surface area contributed by atoms with Crippen LogP contribution in [0.4, 0.5) is 0 Å². The lowest BCUT2D eigenvalue weighted by Gasteiger charge is -2.42. The maximum absolute atomic E-state index is 6.61. The minimum Gasteiger partial charge on any atom is -0.307 e. The summed E-state index contributed by atoms with van der Waals surface area (Å²) in [5.41, 5.74) is 6.61. The smallest absolute Gasteiger partial charge is 0.137 e. The predicted molar refractivity (Wildman–Crippen MR) is 96.4 cm³/mol. The largest absolute Gasteiger partial charge is 0.307 e. The van der Waals surface area contributed by atoms with Gasteiger partial charge in [0.25, 0.3) is 0 Å². The Balaban J connectivity index is 0. The molecule has 4 nitrogen and oxygen atoms in total. The van der Waals surface area contributed by atoms with E-state index in [9.17, 15) is 0 Å². The van der Waals surface area contributed by atoms with Crippen molar-refractivity contribution in [1.82, 2.24) is 16.0 Å². The van der Waals surface area contributed by atoms with E-state index in [1.54, 1.807) is 0 Å². The maximum Gasteiger partial charge on any atom is 0.137 e. The summed E-state index contributed by atoms with van der Waals surface area (Å²) in [6, 6.07) is 1.41. The first kappa shape index (κ1) is 22.3. The molecule has 0 aromatic rings. The van der Waals surface area contributed by atoms with Gasteiger partial charge in [-0.3, -0.25) is 16.4 Å². The Morgan fingerprint density at radius 3 is 1.45 bits per heavy atom. The minimum atomic E-state index is -0.575. The fourth-order valence-corrected chi connectivity index (χ4v) is 1.99. The fraction of sp³-hybridized carbons (Fsp3) is 1.00. The van der Waals surface area contributed by atoms with Crippen LogP contribution in [-0.2, 0) is 0 Å². The first-order valence-electron chi connectivity index (χ1n) is 7.89. The topological polar surface area (TPSA) is 62.1 Å². The van der Waals surface area contributed by atoms with Crippen molar-refractivity contribution in [2.45, 2.75) is 97.7 Å². The lowest BCUT2D eigenvalue weighted by Crippen LogP contribution is -2.76. The normalized spacial score (nSPS) is 20.4. The van der Waals surface area contributed by atoms with Crippen LogP contribution in [0.1, 0.15) is 67.7 Å². The van der Waals surface area contributed by atoms with Crippen molar-refractivity contribution in [2.75, 3.05) is 0 Å². The number of nitrogens with one attached hydrogen (secondary N) is 3. The molecule has 0 aliphatic rings. The Hall–Kier alpha value is 0.0569. The van der Waals surface area contributed by atoms with E-state index in [4.69, 9.17) is 5.73 Å². The Kier molecular flexibility index (Phi) is 12.0. The Bertz CT molecular complexity index is 226. The van der Waals surface area contributed by atoms with Gasteiger partial charge in [0.15, 0.2) is 0 Å². The van der Waals surface area contributed by atoms with Crippen LogP contribution in [0.15, 0.2) is 0 Å². The van der Waals surface area contributed by atoms with Crippen molar-refractivity contribution < 1.29 is 0 Å². The van der Waals surface area contributed by atoms with Gasteiger partial charge in [0.05, 0.1) is 0 Å². The summed E-state index contributed by atoms with van der Waals surface area (Å²) >= 11 is 0. The van der Waals surface area contributed by atoms with Crippen molar-refractivity contribution in [3.8, 4) is 0 Å². The van der Waals surface area contributed by atoms with Crippen molar-refractivity contribution in [3.63, 3.8) is 0 Å². The minimum absolute atomic E-state index is 0. The van der Waals surface area contributed by atoms with Crippen molar-refractivity contribution in [2.24, 2.45) is 5.73 Å². The highest BCUT2D eigenvalue weighted by Gasteiger charge is 2.34. The van der Waals surface area contributed by atoms with Crippen LogP contribution in [0, 0.1) is 0 Å². The number of nitrogens with two attached hydrogens (primary N) is 1. The van der Waals surface area contributed by atoms with Gasteiger partial charge in [-0.15, -0.1) is 0 Å². The SMILES string of the molecule is CCC(C)NC(C)C(N)(NC(C)CC)NC(C)CC.[SiH4]. The van der Waals surface area contributed by atoms with Crippen LogP contribution >= 0.6 is 0 Å². The second-order valence-corrected chi connectivity index (χ2v) is 5.97. The van der Waals surface area contributed by atoms with Crippen LogP contribution in [0.3, 0.4) is 0 Å². The molecule has 4 unspecified atom stereocenters. The Labute approximate surface area is 131 Å². The lowest BCUT2D eigenvalue weighted by molar-refractivity contribution is 0.152. The second-order valence-electron chi connectivity index (χ2n) is 5.97. The molecule has 0 aliphatic heterocycles. The zero-order valence-electron chi connectivity index (χ0n) is 14.0. The Morgan fingerprint density at radius 2 is 1.15 bits per heavy atom. The number of rotatable bonds is 10. The van der Waals surface area contributed by atoms with Gasteiger partial charge in [-0.1, -0.05) is 20.8 Å². The van der Waals surface area contributed by atoms with Gasteiger partial charge >= 0.3 is 0 Å². The molecule has 0 fully saturated rings. The van der Waals surface area contributed by atoms with E-state index >= 15 is 0 Å². The van der Waals surface area contributed by atoms with E-state index in [-0.39, 0.29) is 17.0 Å². The molecule has 0 spiro atoms. The molecule has 0 rings (SSSR count). The molecule has 0 saturated carbocycles. The van der Waals surface area contributed by atoms with Crippen molar-refractivity contribution >= 4 is 11.0 Å². The summed E-state index contributed by atoms with van der Waals surface area (Å²) < 4.78 is 0. The summed E-state index contributed by atoms with van der Waals surface area (Å²) in [4.78, 5) is 0. The van der Waals surface area contributed by atoms with Crippen LogP contribution in [0.25, 0.3) is 0 Å². The van der Waals surface area contributed by atoms with E-state index in [1.165, 1.54) is 0 Å². The van der Waals surface area contributed by atoms with Gasteiger partial charge in [0.1, 0.15) is 5.79 Å². The molecule has 0 amide bonds. The van der Waals surface area contributed by atoms with E-state index in [1.807, 2.05) is 0 Å². The first-order chi connectivity index (χ1) is 8.78. The summed E-state index contributed by atoms with van der Waals surface area (Å²) in [6.07, 6.45) is 3.24. The highest BCUT2D eigenvalue weighted by Crippen LogP contribution is 2.08. The molecule has 0 aliphatic carbocycles. The zero-order valence-corrected chi connectivity index (χ0v) is 14.0. The molecule has 0 bridgehead atoms. The van der Waals surface area contributed by atoms with E-state index in [0.717, 1.165) is 19.3 Å². The van der Waals surface area contributed by atoms with Crippen molar-refractivity contribution in [1.29, 1.82) is 0 Å². The lowest BCUT2D eigenvalue weighted by atomic mass is 10.1. The molecular weight excluding hydrogens is 264 g/mol. The molecule has 20 heavy (non-hydrogen) atoms. The van der Waals surface area contributed by atoms with E-state index in [0.29, 0.717) is 18.1 Å². The average Bonchev–Trinajstić information content (AvgIpc) is 2.37. The van der Waals surface area contributed by atoms with Gasteiger partial charge in [0.2, 0.25) is 0 Å². The third-order valence-corrected chi connectivity index (χ3v) is 4.03. The summed E-state index contributed by atoms with van der Waals surface area (Å²) in [5, 5.41) is 10.7. The Morgan fingerprint density at radius 1 is 0.800 bits per heavy atom. The molecule has 0 radical (unpaired) electrons. The average molecular weight is 305 g/mol. The number of hydrogen-bond acceptors (Lipinski definition) is 4.